The standard InChI is InChI=1S/C15H16N2O4/c1-2-14-11(5-6-21-14)15(18)12-8-16-13-7-9(17(19)20)3-4-10(12)13/h3-4,7-8,11,14,16H,2,5-6H2,1H3. The van der Waals surface area contributed by atoms with Gasteiger partial charge in [-0.1, -0.05) is 6.92 Å². The van der Waals surface area contributed by atoms with Gasteiger partial charge < -0.3 is 9.72 Å². The highest BCUT2D eigenvalue weighted by Gasteiger charge is 2.34. The van der Waals surface area contributed by atoms with E-state index in [9.17, 15) is 14.9 Å². The highest BCUT2D eigenvalue weighted by atomic mass is 16.6. The lowest BCUT2D eigenvalue weighted by Crippen LogP contribution is -2.23. The van der Waals surface area contributed by atoms with E-state index >= 15 is 0 Å². The first-order valence-electron chi connectivity index (χ1n) is 7.03. The summed E-state index contributed by atoms with van der Waals surface area (Å²) in [4.78, 5) is 26.0. The molecule has 0 bridgehead atoms. The predicted octanol–water partition coefficient (Wildman–Crippen LogP) is 3.07. The number of nitro groups is 1. The molecule has 2 unspecified atom stereocenters. The van der Waals surface area contributed by atoms with Crippen LogP contribution >= 0.6 is 0 Å². The van der Waals surface area contributed by atoms with E-state index in [0.717, 1.165) is 18.2 Å². The van der Waals surface area contributed by atoms with Gasteiger partial charge in [-0.25, -0.2) is 0 Å². The number of hydrogen-bond donors (Lipinski definition) is 1. The molecule has 3 rings (SSSR count). The minimum absolute atomic E-state index is 0.0129. The summed E-state index contributed by atoms with van der Waals surface area (Å²) in [5, 5.41) is 11.5. The second kappa shape index (κ2) is 5.29. The fourth-order valence-electron chi connectivity index (χ4n) is 2.98. The highest BCUT2D eigenvalue weighted by molar-refractivity contribution is 6.09. The van der Waals surface area contributed by atoms with Crippen molar-refractivity contribution in [2.24, 2.45) is 5.92 Å². The molecule has 0 radical (unpaired) electrons. The van der Waals surface area contributed by atoms with Gasteiger partial charge in [0.2, 0.25) is 0 Å². The molecule has 1 aromatic heterocycles. The Morgan fingerprint density at radius 3 is 3.05 bits per heavy atom. The first-order valence-corrected chi connectivity index (χ1v) is 7.03. The number of non-ortho nitro benzene ring substituents is 1. The molecule has 1 N–H and O–H groups in total. The molecule has 2 atom stereocenters. The second-order valence-corrected chi connectivity index (χ2v) is 5.27. The SMILES string of the molecule is CCC1OCCC1C(=O)c1c[nH]c2cc([N+](=O)[O-])ccc12. The molecule has 0 aliphatic carbocycles. The summed E-state index contributed by atoms with van der Waals surface area (Å²) in [5.74, 6) is -0.0661. The Kier molecular flexibility index (Phi) is 3.47. The molecule has 21 heavy (non-hydrogen) atoms. The Labute approximate surface area is 121 Å². The van der Waals surface area contributed by atoms with E-state index in [1.807, 2.05) is 6.92 Å². The maximum atomic E-state index is 12.7. The number of benzene rings is 1. The molecular formula is C15H16N2O4. The molecule has 1 aliphatic rings. The average molecular weight is 288 g/mol. The van der Waals surface area contributed by atoms with Gasteiger partial charge in [0.1, 0.15) is 0 Å². The van der Waals surface area contributed by atoms with Crippen molar-refractivity contribution in [2.45, 2.75) is 25.9 Å². The minimum atomic E-state index is -0.445. The molecule has 0 spiro atoms. The number of fused-ring (bicyclic) bond motifs is 1. The van der Waals surface area contributed by atoms with Crippen LogP contribution in [0.25, 0.3) is 10.9 Å². The van der Waals surface area contributed by atoms with Crippen LogP contribution in [0.5, 0.6) is 0 Å². The van der Waals surface area contributed by atoms with Gasteiger partial charge in [0.25, 0.3) is 5.69 Å². The van der Waals surface area contributed by atoms with Gasteiger partial charge in [-0.15, -0.1) is 0 Å². The van der Waals surface area contributed by atoms with Crippen molar-refractivity contribution in [3.8, 4) is 0 Å². The van der Waals surface area contributed by atoms with Gasteiger partial charge in [0.05, 0.1) is 22.5 Å². The largest absolute Gasteiger partial charge is 0.377 e. The number of hydrogen-bond acceptors (Lipinski definition) is 4. The molecule has 6 heteroatoms. The third-order valence-corrected chi connectivity index (χ3v) is 4.09. The first-order chi connectivity index (χ1) is 10.1. The fraction of sp³-hybridized carbons (Fsp3) is 0.400. The quantitative estimate of drug-likeness (QED) is 0.532. The van der Waals surface area contributed by atoms with Crippen LogP contribution in [0.2, 0.25) is 0 Å². The number of nitrogens with zero attached hydrogens (tertiary/aromatic N) is 1. The monoisotopic (exact) mass is 288 g/mol. The topological polar surface area (TPSA) is 85.2 Å². The Morgan fingerprint density at radius 1 is 1.52 bits per heavy atom. The lowest BCUT2D eigenvalue weighted by atomic mass is 9.90. The molecule has 2 heterocycles. The Hall–Kier alpha value is -2.21. The molecule has 0 saturated carbocycles. The van der Waals surface area contributed by atoms with Gasteiger partial charge in [-0.3, -0.25) is 14.9 Å². The third kappa shape index (κ3) is 2.31. The summed E-state index contributed by atoms with van der Waals surface area (Å²) in [6, 6.07) is 4.51. The number of H-pyrrole nitrogens is 1. The molecular weight excluding hydrogens is 272 g/mol. The van der Waals surface area contributed by atoms with Crippen LogP contribution in [0.4, 0.5) is 5.69 Å². The number of ketones is 1. The van der Waals surface area contributed by atoms with Gasteiger partial charge >= 0.3 is 0 Å². The van der Waals surface area contributed by atoms with Crippen molar-refractivity contribution in [1.29, 1.82) is 0 Å². The second-order valence-electron chi connectivity index (χ2n) is 5.27. The van der Waals surface area contributed by atoms with Gasteiger partial charge in [-0.05, 0) is 18.9 Å². The van der Waals surface area contributed by atoms with E-state index in [0.29, 0.717) is 17.7 Å². The Morgan fingerprint density at radius 2 is 2.33 bits per heavy atom. The van der Waals surface area contributed by atoms with E-state index in [4.69, 9.17) is 4.74 Å². The number of carbonyl (C=O) groups excluding carboxylic acids is 1. The zero-order chi connectivity index (χ0) is 15.0. The maximum Gasteiger partial charge on any atom is 0.271 e. The third-order valence-electron chi connectivity index (χ3n) is 4.09. The number of carbonyl (C=O) groups is 1. The minimum Gasteiger partial charge on any atom is -0.377 e. The summed E-state index contributed by atoms with van der Waals surface area (Å²) in [6.45, 7) is 2.62. The summed E-state index contributed by atoms with van der Waals surface area (Å²) < 4.78 is 5.58. The Bertz CT molecular complexity index is 707. The molecule has 1 fully saturated rings. The number of aromatic amines is 1. The highest BCUT2D eigenvalue weighted by Crippen LogP contribution is 2.30. The number of nitrogens with one attached hydrogen (secondary N) is 1. The lowest BCUT2D eigenvalue weighted by molar-refractivity contribution is -0.384. The first kappa shape index (κ1) is 13.8. The molecule has 1 aromatic carbocycles. The smallest absolute Gasteiger partial charge is 0.271 e. The van der Waals surface area contributed by atoms with Crippen LogP contribution in [0.1, 0.15) is 30.1 Å². The summed E-state index contributed by atoms with van der Waals surface area (Å²) in [5.41, 5.74) is 1.22. The van der Waals surface area contributed by atoms with Crippen molar-refractivity contribution < 1.29 is 14.5 Å². The van der Waals surface area contributed by atoms with E-state index in [1.54, 1.807) is 12.3 Å². The lowest BCUT2D eigenvalue weighted by Gasteiger charge is -2.14. The number of Topliss-reactive ketones (excluding diaryl/α,β-unsaturated/α-hetero) is 1. The fourth-order valence-corrected chi connectivity index (χ4v) is 2.98. The van der Waals surface area contributed by atoms with Crippen LogP contribution in [0, 0.1) is 16.0 Å². The number of rotatable bonds is 4. The normalized spacial score (nSPS) is 21.8. The van der Waals surface area contributed by atoms with Crippen molar-refractivity contribution in [1.82, 2.24) is 4.98 Å². The zero-order valence-corrected chi connectivity index (χ0v) is 11.7. The number of nitro benzene ring substituents is 1. The molecule has 2 aromatic rings. The van der Waals surface area contributed by atoms with Crippen LogP contribution in [0.15, 0.2) is 24.4 Å². The average Bonchev–Trinajstić information content (AvgIpc) is 3.12. The number of ether oxygens (including phenoxy) is 1. The van der Waals surface area contributed by atoms with Gasteiger partial charge in [-0.2, -0.15) is 0 Å². The van der Waals surface area contributed by atoms with Crippen molar-refractivity contribution >= 4 is 22.4 Å². The van der Waals surface area contributed by atoms with E-state index in [-0.39, 0.29) is 23.5 Å². The van der Waals surface area contributed by atoms with Gasteiger partial charge in [0.15, 0.2) is 5.78 Å². The van der Waals surface area contributed by atoms with Crippen LogP contribution in [-0.2, 0) is 4.74 Å². The van der Waals surface area contributed by atoms with Gasteiger partial charge in [0, 0.05) is 35.9 Å². The van der Waals surface area contributed by atoms with Crippen LogP contribution in [-0.4, -0.2) is 28.4 Å². The van der Waals surface area contributed by atoms with Crippen LogP contribution in [0.3, 0.4) is 0 Å². The predicted molar refractivity (Wildman–Crippen MR) is 77.4 cm³/mol. The molecule has 1 aliphatic heterocycles. The zero-order valence-electron chi connectivity index (χ0n) is 11.7. The van der Waals surface area contributed by atoms with E-state index in [1.165, 1.54) is 12.1 Å². The molecule has 1 saturated heterocycles. The summed E-state index contributed by atoms with van der Waals surface area (Å²) in [7, 11) is 0. The Balaban J connectivity index is 1.97. The molecule has 0 amide bonds. The summed E-state index contributed by atoms with van der Waals surface area (Å²) >= 11 is 0. The molecule has 110 valence electrons. The van der Waals surface area contributed by atoms with Crippen molar-refractivity contribution in [2.75, 3.05) is 6.61 Å². The maximum absolute atomic E-state index is 12.7. The number of aromatic nitrogens is 1. The summed E-state index contributed by atoms with van der Waals surface area (Å²) in [6.07, 6.45) is 3.16. The van der Waals surface area contributed by atoms with E-state index < -0.39 is 4.92 Å². The van der Waals surface area contributed by atoms with Crippen LogP contribution < -0.4 is 0 Å². The van der Waals surface area contributed by atoms with E-state index in [2.05, 4.69) is 4.98 Å². The van der Waals surface area contributed by atoms with Crippen molar-refractivity contribution in [3.63, 3.8) is 0 Å². The van der Waals surface area contributed by atoms with Crippen molar-refractivity contribution in [3.05, 3.63) is 40.1 Å². The molecule has 6 nitrogen and oxygen atoms in total.